The number of hydrogen-bond acceptors (Lipinski definition) is 5. The fourth-order valence-electron chi connectivity index (χ4n) is 1.77. The van der Waals surface area contributed by atoms with Gasteiger partial charge in [0.1, 0.15) is 6.10 Å². The molecule has 2 N–H and O–H groups in total. The van der Waals surface area contributed by atoms with Crippen LogP contribution in [0.1, 0.15) is 30.8 Å². The first kappa shape index (κ1) is 13.3. The van der Waals surface area contributed by atoms with Gasteiger partial charge in [0, 0.05) is 12.5 Å². The molecular formula is C12H15N3O4. The highest BCUT2D eigenvalue weighted by molar-refractivity contribution is 5.85. The van der Waals surface area contributed by atoms with Crippen LogP contribution in [0.2, 0.25) is 0 Å². The maximum absolute atomic E-state index is 10.8. The summed E-state index contributed by atoms with van der Waals surface area (Å²) < 4.78 is 6.89. The van der Waals surface area contributed by atoms with Crippen molar-refractivity contribution in [3.05, 3.63) is 24.0 Å². The lowest BCUT2D eigenvalue weighted by Gasteiger charge is -2.14. The molecule has 102 valence electrons. The Labute approximate surface area is 109 Å². The van der Waals surface area contributed by atoms with Gasteiger partial charge in [-0.05, 0) is 19.9 Å². The van der Waals surface area contributed by atoms with Crippen LogP contribution < -0.4 is 4.74 Å². The summed E-state index contributed by atoms with van der Waals surface area (Å²) >= 11 is 0. The van der Waals surface area contributed by atoms with Crippen LogP contribution in [-0.2, 0) is 0 Å². The fraction of sp³-hybridized carbons (Fsp3) is 0.417. The minimum Gasteiger partial charge on any atom is -0.476 e. The summed E-state index contributed by atoms with van der Waals surface area (Å²) in [6.07, 6.45) is 1.17. The molecule has 7 nitrogen and oxygen atoms in total. The maximum Gasteiger partial charge on any atom is 0.356 e. The first-order chi connectivity index (χ1) is 8.95. The van der Waals surface area contributed by atoms with Crippen molar-refractivity contribution in [1.82, 2.24) is 14.6 Å². The van der Waals surface area contributed by atoms with Gasteiger partial charge in [0.15, 0.2) is 11.3 Å². The van der Waals surface area contributed by atoms with E-state index in [4.69, 9.17) is 9.84 Å². The number of carboxylic acid groups (broad SMARTS) is 1. The SMILES string of the molecule is C[C@H](C[C@@H](C)O)Oc1ccc2nc(C(=O)O)cn2n1. The van der Waals surface area contributed by atoms with Crippen LogP contribution in [0.15, 0.2) is 18.3 Å². The van der Waals surface area contributed by atoms with Crippen molar-refractivity contribution >= 4 is 11.6 Å². The number of aliphatic hydroxyl groups is 1. The largest absolute Gasteiger partial charge is 0.476 e. The standard InChI is InChI=1S/C12H15N3O4/c1-7(16)5-8(2)19-11-4-3-10-13-9(12(17)18)6-15(10)14-11/h3-4,6-8,16H,5H2,1-2H3,(H,17,18)/t7-,8-/m1/s1. The van der Waals surface area contributed by atoms with Gasteiger partial charge in [-0.2, -0.15) is 0 Å². The van der Waals surface area contributed by atoms with E-state index in [0.29, 0.717) is 17.9 Å². The van der Waals surface area contributed by atoms with Gasteiger partial charge < -0.3 is 14.9 Å². The van der Waals surface area contributed by atoms with Gasteiger partial charge in [0.2, 0.25) is 5.88 Å². The number of fused-ring (bicyclic) bond motifs is 1. The minimum atomic E-state index is -1.10. The van der Waals surface area contributed by atoms with Crippen molar-refractivity contribution in [3.8, 4) is 5.88 Å². The molecule has 19 heavy (non-hydrogen) atoms. The molecule has 0 aromatic carbocycles. The van der Waals surface area contributed by atoms with E-state index < -0.39 is 12.1 Å². The number of aromatic nitrogens is 3. The Morgan fingerprint density at radius 3 is 2.84 bits per heavy atom. The molecule has 2 aromatic rings. The van der Waals surface area contributed by atoms with Gasteiger partial charge in [0.25, 0.3) is 0 Å². The molecule has 7 heteroatoms. The summed E-state index contributed by atoms with van der Waals surface area (Å²) in [5.41, 5.74) is 0.370. The number of hydrogen-bond donors (Lipinski definition) is 2. The third kappa shape index (κ3) is 3.19. The lowest BCUT2D eigenvalue weighted by Crippen LogP contribution is -2.19. The molecule has 0 aliphatic carbocycles. The Hall–Kier alpha value is -2.15. The number of carboxylic acids is 1. The molecule has 0 amide bonds. The number of rotatable bonds is 5. The fourth-order valence-corrected chi connectivity index (χ4v) is 1.77. The topological polar surface area (TPSA) is 97.0 Å². The van der Waals surface area contributed by atoms with Gasteiger partial charge in [-0.25, -0.2) is 14.3 Å². The van der Waals surface area contributed by atoms with Crippen LogP contribution >= 0.6 is 0 Å². The normalized spacial score (nSPS) is 14.3. The molecule has 2 aromatic heterocycles. The van der Waals surface area contributed by atoms with Crippen LogP contribution in [-0.4, -0.2) is 43.0 Å². The van der Waals surface area contributed by atoms with Crippen LogP contribution in [0.5, 0.6) is 5.88 Å². The highest BCUT2D eigenvalue weighted by atomic mass is 16.5. The third-order valence-corrected chi connectivity index (χ3v) is 2.51. The highest BCUT2D eigenvalue weighted by Crippen LogP contribution is 2.13. The van der Waals surface area contributed by atoms with Gasteiger partial charge in [-0.1, -0.05) is 0 Å². The second kappa shape index (κ2) is 5.23. The summed E-state index contributed by atoms with van der Waals surface area (Å²) in [5, 5.41) is 22.2. The summed E-state index contributed by atoms with van der Waals surface area (Å²) in [6.45, 7) is 3.51. The van der Waals surface area contributed by atoms with Gasteiger partial charge in [0.05, 0.1) is 12.3 Å². The maximum atomic E-state index is 10.8. The average molecular weight is 265 g/mol. The molecule has 0 aliphatic rings. The predicted molar refractivity (Wildman–Crippen MR) is 66.3 cm³/mol. The van der Waals surface area contributed by atoms with Crippen LogP contribution in [0.25, 0.3) is 5.65 Å². The molecule has 2 atom stereocenters. The zero-order chi connectivity index (χ0) is 14.0. The molecule has 0 fully saturated rings. The van der Waals surface area contributed by atoms with E-state index >= 15 is 0 Å². The molecule has 0 radical (unpaired) electrons. The van der Waals surface area contributed by atoms with Gasteiger partial charge >= 0.3 is 5.97 Å². The number of ether oxygens (including phenoxy) is 1. The van der Waals surface area contributed by atoms with Gasteiger partial charge in [-0.3, -0.25) is 0 Å². The Kier molecular flexibility index (Phi) is 3.66. The molecule has 0 saturated carbocycles. The molecule has 0 bridgehead atoms. The van der Waals surface area contributed by atoms with E-state index in [2.05, 4.69) is 10.1 Å². The Morgan fingerprint density at radius 2 is 2.21 bits per heavy atom. The molecule has 2 heterocycles. The summed E-state index contributed by atoms with van der Waals surface area (Å²) in [4.78, 5) is 14.7. The van der Waals surface area contributed by atoms with Crippen molar-refractivity contribution < 1.29 is 19.7 Å². The van der Waals surface area contributed by atoms with Crippen molar-refractivity contribution in [2.45, 2.75) is 32.5 Å². The monoisotopic (exact) mass is 265 g/mol. The van der Waals surface area contributed by atoms with E-state index in [1.807, 2.05) is 6.92 Å². The zero-order valence-electron chi connectivity index (χ0n) is 10.6. The van der Waals surface area contributed by atoms with Crippen LogP contribution in [0, 0.1) is 0 Å². The molecule has 0 unspecified atom stereocenters. The molecule has 0 saturated heterocycles. The molecule has 0 spiro atoms. The second-order valence-corrected chi connectivity index (χ2v) is 4.42. The van der Waals surface area contributed by atoms with Gasteiger partial charge in [-0.15, -0.1) is 5.10 Å². The van der Waals surface area contributed by atoms with E-state index in [0.717, 1.165) is 0 Å². The number of nitrogens with zero attached hydrogens (tertiary/aromatic N) is 3. The summed E-state index contributed by atoms with van der Waals surface area (Å²) in [5.74, 6) is -0.745. The van der Waals surface area contributed by atoms with Crippen molar-refractivity contribution in [2.75, 3.05) is 0 Å². The Bertz CT molecular complexity index is 594. The van der Waals surface area contributed by atoms with Crippen LogP contribution in [0.4, 0.5) is 0 Å². The minimum absolute atomic E-state index is 0.0679. The number of aliphatic hydroxyl groups excluding tert-OH is 1. The Morgan fingerprint density at radius 1 is 1.47 bits per heavy atom. The van der Waals surface area contributed by atoms with E-state index in [-0.39, 0.29) is 11.8 Å². The lowest BCUT2D eigenvalue weighted by atomic mass is 10.2. The number of carbonyl (C=O) groups is 1. The zero-order valence-corrected chi connectivity index (χ0v) is 10.6. The molecular weight excluding hydrogens is 250 g/mol. The lowest BCUT2D eigenvalue weighted by molar-refractivity contribution is 0.0691. The average Bonchev–Trinajstić information content (AvgIpc) is 2.70. The third-order valence-electron chi connectivity index (χ3n) is 2.51. The Balaban J connectivity index is 2.19. The van der Waals surface area contributed by atoms with Crippen molar-refractivity contribution in [2.24, 2.45) is 0 Å². The van der Waals surface area contributed by atoms with E-state index in [9.17, 15) is 9.90 Å². The number of aromatic carboxylic acids is 1. The first-order valence-electron chi connectivity index (χ1n) is 5.90. The van der Waals surface area contributed by atoms with E-state index in [1.54, 1.807) is 19.1 Å². The van der Waals surface area contributed by atoms with Crippen molar-refractivity contribution in [1.29, 1.82) is 0 Å². The van der Waals surface area contributed by atoms with Crippen molar-refractivity contribution in [3.63, 3.8) is 0 Å². The summed E-state index contributed by atoms with van der Waals surface area (Å²) in [6, 6.07) is 3.25. The summed E-state index contributed by atoms with van der Waals surface area (Å²) in [7, 11) is 0. The number of imidazole rings is 1. The second-order valence-electron chi connectivity index (χ2n) is 4.42. The predicted octanol–water partition coefficient (Wildman–Crippen LogP) is 0.966. The quantitative estimate of drug-likeness (QED) is 0.836. The van der Waals surface area contributed by atoms with Crippen LogP contribution in [0.3, 0.4) is 0 Å². The molecule has 0 aliphatic heterocycles. The van der Waals surface area contributed by atoms with E-state index in [1.165, 1.54) is 10.7 Å². The smallest absolute Gasteiger partial charge is 0.356 e. The first-order valence-corrected chi connectivity index (χ1v) is 5.90. The molecule has 2 rings (SSSR count). The highest BCUT2D eigenvalue weighted by Gasteiger charge is 2.12.